The van der Waals surface area contributed by atoms with E-state index in [1.807, 2.05) is 38.9 Å². The molecule has 4 heterocycles. The lowest BCUT2D eigenvalue weighted by atomic mass is 10.0. The molecule has 1 amide bonds. The molecule has 0 unspecified atom stereocenters. The number of carbonyl (C=O) groups is 1. The van der Waals surface area contributed by atoms with E-state index in [-0.39, 0.29) is 51.5 Å². The molecule has 1 fully saturated rings. The Bertz CT molecular complexity index is 1870. The van der Waals surface area contributed by atoms with Crippen molar-refractivity contribution in [1.82, 2.24) is 24.4 Å². The fraction of sp³-hybridized carbons (Fsp3) is 0.323. The second-order valence-corrected chi connectivity index (χ2v) is 12.3. The molecule has 1 aliphatic heterocycles. The molecule has 0 bridgehead atoms. The van der Waals surface area contributed by atoms with Gasteiger partial charge < -0.3 is 15.5 Å². The third-order valence-electron chi connectivity index (χ3n) is 7.79. The minimum Gasteiger partial charge on any atom is -0.398 e. The van der Waals surface area contributed by atoms with E-state index in [9.17, 15) is 14.0 Å². The Morgan fingerprint density at radius 1 is 1.18 bits per heavy atom. The van der Waals surface area contributed by atoms with Crippen molar-refractivity contribution in [3.63, 3.8) is 0 Å². The number of nitrogens with two attached hydrogens (primary N) is 1. The first-order valence-corrected chi connectivity index (χ1v) is 15.6. The van der Waals surface area contributed by atoms with Crippen molar-refractivity contribution >= 4 is 51.8 Å². The number of pyridine rings is 2. The SMILES string of the molecule is C=CC(=O)N1C[C@H](C)N(c2nc(=O)n(-c3c(SC)ccnc3C(C)C)c3nc(-c4c(N)ccc(F)c4F)c(Cl)cc23)C[C@H]1C. The van der Waals surface area contributed by atoms with Gasteiger partial charge in [0.25, 0.3) is 0 Å². The average molecular weight is 640 g/mol. The first kappa shape index (κ1) is 31.4. The van der Waals surface area contributed by atoms with Gasteiger partial charge in [-0.25, -0.2) is 23.1 Å². The first-order chi connectivity index (χ1) is 20.9. The monoisotopic (exact) mass is 639 g/mol. The Balaban J connectivity index is 1.87. The molecular weight excluding hydrogens is 608 g/mol. The van der Waals surface area contributed by atoms with Gasteiger partial charge in [-0.05, 0) is 56.4 Å². The van der Waals surface area contributed by atoms with Gasteiger partial charge >= 0.3 is 5.69 Å². The second kappa shape index (κ2) is 12.2. The zero-order valence-electron chi connectivity index (χ0n) is 24.9. The van der Waals surface area contributed by atoms with E-state index in [0.717, 1.165) is 11.0 Å². The van der Waals surface area contributed by atoms with Crippen molar-refractivity contribution in [2.24, 2.45) is 0 Å². The van der Waals surface area contributed by atoms with Crippen LogP contribution >= 0.6 is 23.4 Å². The summed E-state index contributed by atoms with van der Waals surface area (Å²) in [5.41, 5.74) is 6.20. The molecule has 2 N–H and O–H groups in total. The van der Waals surface area contributed by atoms with Crippen molar-refractivity contribution in [2.45, 2.75) is 50.6 Å². The molecular formula is C31H32ClF2N7O2S. The largest absolute Gasteiger partial charge is 0.398 e. The Hall–Kier alpha value is -4.03. The molecule has 1 aliphatic rings. The van der Waals surface area contributed by atoms with Crippen LogP contribution in [0.3, 0.4) is 0 Å². The Morgan fingerprint density at radius 2 is 1.91 bits per heavy atom. The van der Waals surface area contributed by atoms with Crippen LogP contribution in [0.2, 0.25) is 5.02 Å². The van der Waals surface area contributed by atoms with Gasteiger partial charge in [-0.3, -0.25) is 9.78 Å². The van der Waals surface area contributed by atoms with Crippen molar-refractivity contribution in [2.75, 3.05) is 30.0 Å². The van der Waals surface area contributed by atoms with Crippen LogP contribution in [-0.4, -0.2) is 61.8 Å². The maximum absolute atomic E-state index is 15.2. The van der Waals surface area contributed by atoms with Gasteiger partial charge in [0.05, 0.1) is 33.0 Å². The van der Waals surface area contributed by atoms with Gasteiger partial charge in [0.15, 0.2) is 17.3 Å². The maximum atomic E-state index is 15.2. The number of halogens is 3. The van der Waals surface area contributed by atoms with E-state index in [2.05, 4.69) is 16.5 Å². The molecule has 0 aliphatic carbocycles. The van der Waals surface area contributed by atoms with E-state index < -0.39 is 17.3 Å². The predicted octanol–water partition coefficient (Wildman–Crippen LogP) is 5.81. The molecule has 44 heavy (non-hydrogen) atoms. The summed E-state index contributed by atoms with van der Waals surface area (Å²) in [6.45, 7) is 12.1. The minimum atomic E-state index is -1.21. The quantitative estimate of drug-likeness (QED) is 0.160. The molecule has 230 valence electrons. The maximum Gasteiger partial charge on any atom is 0.355 e. The zero-order chi connectivity index (χ0) is 32.0. The molecule has 4 aromatic rings. The number of rotatable bonds is 6. The summed E-state index contributed by atoms with van der Waals surface area (Å²) in [4.78, 5) is 44.9. The molecule has 5 rings (SSSR count). The van der Waals surface area contributed by atoms with Crippen molar-refractivity contribution in [3.05, 3.63) is 76.0 Å². The molecule has 9 nitrogen and oxygen atoms in total. The van der Waals surface area contributed by atoms with E-state index in [0.29, 0.717) is 35.7 Å². The molecule has 3 aromatic heterocycles. The van der Waals surface area contributed by atoms with Gasteiger partial charge in [-0.2, -0.15) is 4.98 Å². The number of hydrogen-bond donors (Lipinski definition) is 1. The minimum absolute atomic E-state index is 0.0107. The highest BCUT2D eigenvalue weighted by molar-refractivity contribution is 7.98. The number of thioether (sulfide) groups is 1. The lowest BCUT2D eigenvalue weighted by Crippen LogP contribution is -2.58. The number of hydrogen-bond acceptors (Lipinski definition) is 8. The van der Waals surface area contributed by atoms with Gasteiger partial charge in [-0.1, -0.05) is 32.0 Å². The normalized spacial score (nSPS) is 17.0. The first-order valence-electron chi connectivity index (χ1n) is 14.0. The number of benzene rings is 1. The van der Waals surface area contributed by atoms with Crippen molar-refractivity contribution in [1.29, 1.82) is 0 Å². The van der Waals surface area contributed by atoms with Gasteiger partial charge in [-0.15, -0.1) is 11.8 Å². The van der Waals surface area contributed by atoms with Crippen LogP contribution in [-0.2, 0) is 4.79 Å². The zero-order valence-corrected chi connectivity index (χ0v) is 26.5. The lowest BCUT2D eigenvalue weighted by Gasteiger charge is -2.44. The number of nitrogen functional groups attached to an aromatic ring is 1. The smallest absolute Gasteiger partial charge is 0.355 e. The number of nitrogens with zero attached hydrogens (tertiary/aromatic N) is 6. The highest BCUT2D eigenvalue weighted by Crippen LogP contribution is 2.39. The summed E-state index contributed by atoms with van der Waals surface area (Å²) < 4.78 is 31.0. The van der Waals surface area contributed by atoms with Crippen LogP contribution in [0.15, 0.2) is 52.8 Å². The predicted molar refractivity (Wildman–Crippen MR) is 172 cm³/mol. The highest BCUT2D eigenvalue weighted by Gasteiger charge is 2.34. The molecule has 2 atom stereocenters. The van der Waals surface area contributed by atoms with Gasteiger partial charge in [0.1, 0.15) is 5.82 Å². The molecule has 0 saturated carbocycles. The molecule has 0 radical (unpaired) electrons. The van der Waals surface area contributed by atoms with E-state index in [4.69, 9.17) is 22.3 Å². The molecule has 0 spiro atoms. The summed E-state index contributed by atoms with van der Waals surface area (Å²) in [7, 11) is 0. The Morgan fingerprint density at radius 3 is 2.57 bits per heavy atom. The molecule has 13 heteroatoms. The number of aromatic nitrogens is 4. The number of anilines is 2. The number of carbonyl (C=O) groups excluding carboxylic acids is 1. The van der Waals surface area contributed by atoms with E-state index in [1.54, 1.807) is 23.2 Å². The van der Waals surface area contributed by atoms with Crippen LogP contribution in [0.4, 0.5) is 20.3 Å². The van der Waals surface area contributed by atoms with Crippen LogP contribution in [0.5, 0.6) is 0 Å². The summed E-state index contributed by atoms with van der Waals surface area (Å²) in [6.07, 6.45) is 4.83. The van der Waals surface area contributed by atoms with E-state index in [1.165, 1.54) is 28.5 Å². The molecule has 1 aromatic carbocycles. The fourth-order valence-electron chi connectivity index (χ4n) is 5.62. The van der Waals surface area contributed by atoms with Crippen molar-refractivity contribution < 1.29 is 13.6 Å². The number of piperazine rings is 1. The van der Waals surface area contributed by atoms with E-state index >= 15 is 4.39 Å². The van der Waals surface area contributed by atoms with Crippen LogP contribution < -0.4 is 16.3 Å². The Kier molecular flexibility index (Phi) is 8.68. The summed E-state index contributed by atoms with van der Waals surface area (Å²) >= 11 is 8.17. The fourth-order valence-corrected chi connectivity index (χ4v) is 6.45. The highest BCUT2D eigenvalue weighted by atomic mass is 35.5. The summed E-state index contributed by atoms with van der Waals surface area (Å²) in [5.74, 6) is -2.29. The lowest BCUT2D eigenvalue weighted by molar-refractivity contribution is -0.128. The number of amides is 1. The van der Waals surface area contributed by atoms with Gasteiger partial charge in [0, 0.05) is 42.0 Å². The topological polar surface area (TPSA) is 110 Å². The van der Waals surface area contributed by atoms with Crippen LogP contribution in [0.25, 0.3) is 28.0 Å². The number of fused-ring (bicyclic) bond motifs is 1. The third-order valence-corrected chi connectivity index (χ3v) is 8.84. The van der Waals surface area contributed by atoms with Gasteiger partial charge in [0.2, 0.25) is 5.91 Å². The summed E-state index contributed by atoms with van der Waals surface area (Å²) in [6, 6.07) is 5.02. The van der Waals surface area contributed by atoms with Crippen LogP contribution in [0.1, 0.15) is 39.3 Å². The standard InChI is InChI=1S/C31H32ClF2N7O2S/c1-7-23(42)39-13-17(5)40(14-16(39)4)29-18-12-19(32)27(24-21(35)9-8-20(33)25(24)34)37-30(18)41(31(43)38-29)28-22(44-6)10-11-36-26(28)15(2)3/h7-12,15-17H,1,13-14,35H2,2-6H3/t16-,17+/m1/s1. The third kappa shape index (κ3) is 5.30. The molecule has 1 saturated heterocycles. The van der Waals surface area contributed by atoms with Crippen LogP contribution in [0, 0.1) is 11.6 Å². The second-order valence-electron chi connectivity index (χ2n) is 11.0. The average Bonchev–Trinajstić information content (AvgIpc) is 2.99. The summed E-state index contributed by atoms with van der Waals surface area (Å²) in [5, 5.41) is 0.394. The Labute approximate surface area is 262 Å². The van der Waals surface area contributed by atoms with Crippen molar-refractivity contribution in [3.8, 4) is 16.9 Å².